The Morgan fingerprint density at radius 3 is 2.35 bits per heavy atom. The van der Waals surface area contributed by atoms with E-state index < -0.39 is 14.9 Å². The quantitative estimate of drug-likeness (QED) is 0.628. The lowest BCUT2D eigenvalue weighted by Gasteiger charge is -2.31. The van der Waals surface area contributed by atoms with Crippen LogP contribution in [-0.2, 0) is 10.0 Å². The third-order valence-corrected chi connectivity index (χ3v) is 6.24. The van der Waals surface area contributed by atoms with Crippen LogP contribution in [0.1, 0.15) is 36.8 Å². The van der Waals surface area contributed by atoms with Crippen LogP contribution < -0.4 is 10.5 Å². The molecule has 0 radical (unpaired) electrons. The van der Waals surface area contributed by atoms with Crippen molar-refractivity contribution in [2.45, 2.75) is 50.5 Å². The number of aryl methyl sites for hydroxylation is 2. The van der Waals surface area contributed by atoms with E-state index in [-0.39, 0.29) is 22.5 Å². The highest BCUT2D eigenvalue weighted by Crippen LogP contribution is 2.29. The lowest BCUT2D eigenvalue weighted by molar-refractivity contribution is -0.385. The molecule has 8 heteroatoms. The van der Waals surface area contributed by atoms with Gasteiger partial charge >= 0.3 is 0 Å². The Morgan fingerprint density at radius 1 is 1.26 bits per heavy atom. The van der Waals surface area contributed by atoms with E-state index in [4.69, 9.17) is 5.73 Å². The van der Waals surface area contributed by atoms with Gasteiger partial charge in [0.05, 0.1) is 9.82 Å². The van der Waals surface area contributed by atoms with Crippen molar-refractivity contribution >= 4 is 15.7 Å². The molecule has 2 unspecified atom stereocenters. The van der Waals surface area contributed by atoms with Gasteiger partial charge in [0.25, 0.3) is 5.69 Å². The number of hydrogen-bond acceptors (Lipinski definition) is 5. The molecule has 1 fully saturated rings. The number of benzene rings is 1. The van der Waals surface area contributed by atoms with Crippen molar-refractivity contribution in [2.24, 2.45) is 11.7 Å². The van der Waals surface area contributed by atoms with Gasteiger partial charge in [-0.1, -0.05) is 12.8 Å². The van der Waals surface area contributed by atoms with Crippen LogP contribution >= 0.6 is 0 Å². The van der Waals surface area contributed by atoms with Gasteiger partial charge in [-0.25, -0.2) is 13.1 Å². The molecule has 1 saturated carbocycles. The Bertz CT molecular complexity index is 680. The number of nitrogens with zero attached hydrogens (tertiary/aromatic N) is 1. The summed E-state index contributed by atoms with van der Waals surface area (Å²) in [6, 6.07) is 2.42. The molecule has 0 aromatic heterocycles. The van der Waals surface area contributed by atoms with E-state index >= 15 is 0 Å². The van der Waals surface area contributed by atoms with Gasteiger partial charge in [0, 0.05) is 18.2 Å². The molecule has 0 saturated heterocycles. The average molecular weight is 341 g/mol. The van der Waals surface area contributed by atoms with Crippen molar-refractivity contribution in [2.75, 3.05) is 6.54 Å². The fraction of sp³-hybridized carbons (Fsp3) is 0.600. The SMILES string of the molecule is Cc1cc([N+](=O)[O-])cc(C)c1S(=O)(=O)NC1CCCCC1CN. The number of nitrogens with one attached hydrogen (secondary N) is 1. The van der Waals surface area contributed by atoms with Crippen molar-refractivity contribution < 1.29 is 13.3 Å². The van der Waals surface area contributed by atoms with Gasteiger partial charge in [0.2, 0.25) is 10.0 Å². The Morgan fingerprint density at radius 2 is 1.83 bits per heavy atom. The second-order valence-electron chi connectivity index (χ2n) is 6.17. The highest BCUT2D eigenvalue weighted by molar-refractivity contribution is 7.89. The number of non-ortho nitro benzene ring substituents is 1. The van der Waals surface area contributed by atoms with Crippen LogP contribution in [-0.4, -0.2) is 25.9 Å². The maximum absolute atomic E-state index is 12.8. The van der Waals surface area contributed by atoms with Crippen LogP contribution in [0.25, 0.3) is 0 Å². The Kier molecular flexibility index (Phi) is 5.38. The van der Waals surface area contributed by atoms with Gasteiger partial charge in [-0.3, -0.25) is 10.1 Å². The van der Waals surface area contributed by atoms with Gasteiger partial charge in [-0.15, -0.1) is 0 Å². The summed E-state index contributed by atoms with van der Waals surface area (Å²) in [6.07, 6.45) is 3.73. The topological polar surface area (TPSA) is 115 Å². The molecule has 0 aliphatic heterocycles. The summed E-state index contributed by atoms with van der Waals surface area (Å²) in [5.41, 5.74) is 6.41. The molecule has 1 aromatic rings. The van der Waals surface area contributed by atoms with Crippen molar-refractivity contribution in [1.82, 2.24) is 4.72 Å². The smallest absolute Gasteiger partial charge is 0.270 e. The van der Waals surface area contributed by atoms with Gasteiger partial charge in [-0.05, 0) is 50.3 Å². The van der Waals surface area contributed by atoms with E-state index in [1.54, 1.807) is 13.8 Å². The first kappa shape index (κ1) is 17.8. The van der Waals surface area contributed by atoms with Gasteiger partial charge < -0.3 is 5.73 Å². The maximum atomic E-state index is 12.8. The summed E-state index contributed by atoms with van der Waals surface area (Å²) in [4.78, 5) is 10.5. The molecule has 0 bridgehead atoms. The lowest BCUT2D eigenvalue weighted by atomic mass is 9.85. The molecule has 2 rings (SSSR count). The van der Waals surface area contributed by atoms with Crippen molar-refractivity contribution in [3.63, 3.8) is 0 Å². The zero-order valence-corrected chi connectivity index (χ0v) is 14.2. The Labute approximate surface area is 136 Å². The van der Waals surface area contributed by atoms with E-state index in [1.807, 2.05) is 0 Å². The normalized spacial score (nSPS) is 22.0. The largest absolute Gasteiger partial charge is 0.330 e. The standard InChI is InChI=1S/C15H23N3O4S/c1-10-7-13(18(19)20)8-11(2)15(10)23(21,22)17-14-6-4-3-5-12(14)9-16/h7-8,12,14,17H,3-6,9,16H2,1-2H3. The second-order valence-corrected chi connectivity index (χ2v) is 7.82. The zero-order chi connectivity index (χ0) is 17.2. The number of nitrogens with two attached hydrogens (primary N) is 1. The van der Waals surface area contributed by atoms with Crippen LogP contribution in [0.2, 0.25) is 0 Å². The first-order valence-electron chi connectivity index (χ1n) is 7.74. The minimum absolute atomic E-state index is 0.101. The fourth-order valence-electron chi connectivity index (χ4n) is 3.36. The van der Waals surface area contributed by atoms with Crippen LogP contribution in [0, 0.1) is 29.9 Å². The summed E-state index contributed by atoms with van der Waals surface area (Å²) < 4.78 is 28.3. The third-order valence-electron chi connectivity index (χ3n) is 4.44. The van der Waals surface area contributed by atoms with Gasteiger partial charge in [0.1, 0.15) is 0 Å². The molecular weight excluding hydrogens is 318 g/mol. The molecule has 3 N–H and O–H groups in total. The van der Waals surface area contributed by atoms with E-state index in [2.05, 4.69) is 4.72 Å². The Balaban J connectivity index is 2.34. The second kappa shape index (κ2) is 6.94. The fourth-order valence-corrected chi connectivity index (χ4v) is 5.15. The lowest BCUT2D eigenvalue weighted by Crippen LogP contribution is -2.44. The first-order chi connectivity index (χ1) is 10.8. The molecule has 1 aromatic carbocycles. The number of nitro groups is 1. The molecule has 1 aliphatic rings. The van der Waals surface area contributed by atoms with Crippen molar-refractivity contribution in [3.05, 3.63) is 33.4 Å². The summed E-state index contributed by atoms with van der Waals surface area (Å²) in [5, 5.41) is 10.9. The molecule has 0 spiro atoms. The molecular formula is C15H23N3O4S. The molecule has 7 nitrogen and oxygen atoms in total. The maximum Gasteiger partial charge on any atom is 0.270 e. The number of rotatable bonds is 5. The molecule has 2 atom stereocenters. The summed E-state index contributed by atoms with van der Waals surface area (Å²) in [5.74, 6) is 0.136. The number of sulfonamides is 1. The molecule has 0 heterocycles. The van der Waals surface area contributed by atoms with E-state index in [1.165, 1.54) is 12.1 Å². The molecule has 128 valence electrons. The predicted octanol–water partition coefficient (Wildman–Crippen LogP) is 2.01. The summed E-state index contributed by atoms with van der Waals surface area (Å²) in [6.45, 7) is 3.61. The highest BCUT2D eigenvalue weighted by atomic mass is 32.2. The molecule has 1 aliphatic carbocycles. The van der Waals surface area contributed by atoms with Crippen LogP contribution in [0.3, 0.4) is 0 Å². The third kappa shape index (κ3) is 3.88. The minimum atomic E-state index is -3.73. The van der Waals surface area contributed by atoms with Gasteiger partial charge in [-0.2, -0.15) is 0 Å². The predicted molar refractivity (Wildman–Crippen MR) is 87.7 cm³/mol. The van der Waals surface area contributed by atoms with E-state index in [0.29, 0.717) is 17.7 Å². The van der Waals surface area contributed by atoms with Crippen molar-refractivity contribution in [3.8, 4) is 0 Å². The highest BCUT2D eigenvalue weighted by Gasteiger charge is 2.30. The molecule has 23 heavy (non-hydrogen) atoms. The number of hydrogen-bond donors (Lipinski definition) is 2. The van der Waals surface area contributed by atoms with Gasteiger partial charge in [0.15, 0.2) is 0 Å². The minimum Gasteiger partial charge on any atom is -0.330 e. The molecule has 0 amide bonds. The average Bonchev–Trinajstić information content (AvgIpc) is 2.46. The summed E-state index contributed by atoms with van der Waals surface area (Å²) >= 11 is 0. The number of nitro benzene ring substituents is 1. The zero-order valence-electron chi connectivity index (χ0n) is 13.4. The van der Waals surface area contributed by atoms with Crippen LogP contribution in [0.4, 0.5) is 5.69 Å². The summed E-state index contributed by atoms with van der Waals surface area (Å²) in [7, 11) is -3.73. The van der Waals surface area contributed by atoms with Crippen LogP contribution in [0.5, 0.6) is 0 Å². The van der Waals surface area contributed by atoms with Crippen molar-refractivity contribution in [1.29, 1.82) is 0 Å². The Hall–Kier alpha value is -1.51. The first-order valence-corrected chi connectivity index (χ1v) is 9.22. The van der Waals surface area contributed by atoms with Crippen LogP contribution in [0.15, 0.2) is 17.0 Å². The van der Waals surface area contributed by atoms with E-state index in [0.717, 1.165) is 25.7 Å². The monoisotopic (exact) mass is 341 g/mol. The van der Waals surface area contributed by atoms with E-state index in [9.17, 15) is 18.5 Å².